The molecule has 3 aromatic rings. The number of hydrogen-bond acceptors (Lipinski definition) is 2. The van der Waals surface area contributed by atoms with Gasteiger partial charge in [0, 0.05) is 18.0 Å². The molecule has 0 aliphatic heterocycles. The van der Waals surface area contributed by atoms with E-state index in [4.69, 9.17) is 11.6 Å². The zero-order chi connectivity index (χ0) is 19.9. The fraction of sp³-hybridized carbons (Fsp3) is 0.136. The van der Waals surface area contributed by atoms with Gasteiger partial charge in [0.2, 0.25) is 5.91 Å². The van der Waals surface area contributed by atoms with E-state index >= 15 is 0 Å². The number of benzene rings is 3. The monoisotopic (exact) mass is 401 g/mol. The van der Waals surface area contributed by atoms with Crippen LogP contribution < -0.4 is 10.1 Å². The Kier molecular flexibility index (Phi) is 6.61. The van der Waals surface area contributed by atoms with Gasteiger partial charge in [-0.3, -0.25) is 4.79 Å². The van der Waals surface area contributed by atoms with E-state index in [9.17, 15) is 13.6 Å². The predicted molar refractivity (Wildman–Crippen MR) is 106 cm³/mol. The second-order valence-electron chi connectivity index (χ2n) is 6.15. The van der Waals surface area contributed by atoms with Crippen molar-refractivity contribution in [1.82, 2.24) is 0 Å². The van der Waals surface area contributed by atoms with Gasteiger partial charge in [0.1, 0.15) is 5.75 Å². The number of amides is 1. The van der Waals surface area contributed by atoms with E-state index in [0.717, 1.165) is 11.1 Å². The largest absolute Gasteiger partial charge is 0.433 e. The summed E-state index contributed by atoms with van der Waals surface area (Å²) in [6, 6.07) is 23.7. The Labute approximate surface area is 166 Å². The standard InChI is InChI=1S/C22H18ClF2NO2/c23-19-13-17(11-12-20(19)28-22(24)25)26-21(27)14-18(15-7-3-1-4-8-15)16-9-5-2-6-10-16/h1-13,18,22H,14H2,(H,26,27). The molecule has 0 aliphatic rings. The van der Waals surface area contributed by atoms with Crippen molar-refractivity contribution in [3.05, 3.63) is 95.0 Å². The number of nitrogens with one attached hydrogen (secondary N) is 1. The Balaban J connectivity index is 1.75. The van der Waals surface area contributed by atoms with Crippen LogP contribution in [0.15, 0.2) is 78.9 Å². The van der Waals surface area contributed by atoms with Crippen LogP contribution >= 0.6 is 11.6 Å². The van der Waals surface area contributed by atoms with Gasteiger partial charge in [-0.25, -0.2) is 0 Å². The predicted octanol–water partition coefficient (Wildman–Crippen LogP) is 6.10. The zero-order valence-electron chi connectivity index (χ0n) is 14.8. The highest BCUT2D eigenvalue weighted by Crippen LogP contribution is 2.31. The molecule has 0 bridgehead atoms. The van der Waals surface area contributed by atoms with Gasteiger partial charge in [-0.1, -0.05) is 72.3 Å². The van der Waals surface area contributed by atoms with Crippen molar-refractivity contribution in [2.75, 3.05) is 5.32 Å². The van der Waals surface area contributed by atoms with Crippen molar-refractivity contribution in [2.45, 2.75) is 19.0 Å². The summed E-state index contributed by atoms with van der Waals surface area (Å²) in [5, 5.41) is 2.77. The number of carbonyl (C=O) groups is 1. The van der Waals surface area contributed by atoms with Gasteiger partial charge in [-0.15, -0.1) is 0 Å². The van der Waals surface area contributed by atoms with Crippen molar-refractivity contribution in [1.29, 1.82) is 0 Å². The summed E-state index contributed by atoms with van der Waals surface area (Å²) in [6.07, 6.45) is 0.223. The van der Waals surface area contributed by atoms with E-state index in [1.807, 2.05) is 60.7 Å². The molecule has 0 spiro atoms. The Morgan fingerprint density at radius 2 is 1.50 bits per heavy atom. The number of rotatable bonds is 7. The molecule has 3 nitrogen and oxygen atoms in total. The van der Waals surface area contributed by atoms with Gasteiger partial charge >= 0.3 is 6.61 Å². The Morgan fingerprint density at radius 1 is 0.929 bits per heavy atom. The SMILES string of the molecule is O=C(CC(c1ccccc1)c1ccccc1)Nc1ccc(OC(F)F)c(Cl)c1. The van der Waals surface area contributed by atoms with E-state index in [1.165, 1.54) is 18.2 Å². The van der Waals surface area contributed by atoms with Crippen molar-refractivity contribution < 1.29 is 18.3 Å². The van der Waals surface area contributed by atoms with E-state index < -0.39 is 6.61 Å². The van der Waals surface area contributed by atoms with Crippen LogP contribution in [0.25, 0.3) is 0 Å². The molecule has 144 valence electrons. The molecule has 0 saturated carbocycles. The third kappa shape index (κ3) is 5.30. The second kappa shape index (κ2) is 9.33. The first-order valence-electron chi connectivity index (χ1n) is 8.67. The minimum atomic E-state index is -2.96. The third-order valence-electron chi connectivity index (χ3n) is 4.23. The first-order chi connectivity index (χ1) is 13.5. The molecule has 3 rings (SSSR count). The van der Waals surface area contributed by atoms with Crippen LogP contribution in [0.2, 0.25) is 5.02 Å². The summed E-state index contributed by atoms with van der Waals surface area (Å²) < 4.78 is 29.0. The molecule has 6 heteroatoms. The highest BCUT2D eigenvalue weighted by atomic mass is 35.5. The summed E-state index contributed by atoms with van der Waals surface area (Å²) in [5.74, 6) is -0.461. The first-order valence-corrected chi connectivity index (χ1v) is 9.05. The summed E-state index contributed by atoms with van der Waals surface area (Å²) in [7, 11) is 0. The molecule has 28 heavy (non-hydrogen) atoms. The fourth-order valence-corrected chi connectivity index (χ4v) is 3.19. The number of carbonyl (C=O) groups excluding carboxylic acids is 1. The van der Waals surface area contributed by atoms with Crippen LogP contribution in [0.5, 0.6) is 5.75 Å². The highest BCUT2D eigenvalue weighted by molar-refractivity contribution is 6.32. The molecule has 3 aromatic carbocycles. The number of ether oxygens (including phenoxy) is 1. The maximum atomic E-state index is 12.6. The lowest BCUT2D eigenvalue weighted by atomic mass is 9.88. The van der Waals surface area contributed by atoms with E-state index in [2.05, 4.69) is 10.1 Å². The Bertz CT molecular complexity index is 881. The van der Waals surface area contributed by atoms with Gasteiger partial charge in [0.05, 0.1) is 5.02 Å². The molecule has 0 aliphatic carbocycles. The summed E-state index contributed by atoms with van der Waals surface area (Å²) in [5.41, 5.74) is 2.47. The molecule has 0 heterocycles. The molecule has 0 radical (unpaired) electrons. The van der Waals surface area contributed by atoms with Gasteiger partial charge in [-0.2, -0.15) is 8.78 Å². The molecular weight excluding hydrogens is 384 g/mol. The smallest absolute Gasteiger partial charge is 0.387 e. The van der Waals surface area contributed by atoms with Gasteiger partial charge < -0.3 is 10.1 Å². The number of hydrogen-bond donors (Lipinski definition) is 1. The van der Waals surface area contributed by atoms with Crippen LogP contribution in [0.1, 0.15) is 23.5 Å². The lowest BCUT2D eigenvalue weighted by molar-refractivity contribution is -0.116. The minimum Gasteiger partial charge on any atom is -0.433 e. The fourth-order valence-electron chi connectivity index (χ4n) is 2.97. The molecular formula is C22H18ClF2NO2. The molecule has 0 aromatic heterocycles. The minimum absolute atomic E-state index is 0.000712. The van der Waals surface area contributed by atoms with Crippen LogP contribution in [0.3, 0.4) is 0 Å². The lowest BCUT2D eigenvalue weighted by Crippen LogP contribution is -2.16. The summed E-state index contributed by atoms with van der Waals surface area (Å²) in [6.45, 7) is -2.96. The van der Waals surface area contributed by atoms with E-state index in [-0.39, 0.29) is 29.0 Å². The average Bonchev–Trinajstić information content (AvgIpc) is 2.69. The topological polar surface area (TPSA) is 38.3 Å². The van der Waals surface area contributed by atoms with Crippen LogP contribution in [-0.4, -0.2) is 12.5 Å². The molecule has 0 atom stereocenters. The Hall–Kier alpha value is -2.92. The van der Waals surface area contributed by atoms with Crippen LogP contribution in [0, 0.1) is 0 Å². The maximum absolute atomic E-state index is 12.6. The number of alkyl halides is 2. The van der Waals surface area contributed by atoms with Crippen LogP contribution in [0.4, 0.5) is 14.5 Å². The molecule has 1 amide bonds. The van der Waals surface area contributed by atoms with Crippen LogP contribution in [-0.2, 0) is 4.79 Å². The Morgan fingerprint density at radius 3 is 2.00 bits per heavy atom. The van der Waals surface area contributed by atoms with Gasteiger partial charge in [0.15, 0.2) is 0 Å². The van der Waals surface area contributed by atoms with Crippen molar-refractivity contribution in [2.24, 2.45) is 0 Å². The molecule has 0 saturated heterocycles. The van der Waals surface area contributed by atoms with E-state index in [1.54, 1.807) is 0 Å². The maximum Gasteiger partial charge on any atom is 0.387 e. The van der Waals surface area contributed by atoms with Gasteiger partial charge in [0.25, 0.3) is 0 Å². The van der Waals surface area contributed by atoms with E-state index in [0.29, 0.717) is 5.69 Å². The van der Waals surface area contributed by atoms with Crippen molar-refractivity contribution in [3.63, 3.8) is 0 Å². The lowest BCUT2D eigenvalue weighted by Gasteiger charge is -2.18. The quantitative estimate of drug-likeness (QED) is 0.519. The van der Waals surface area contributed by atoms with Crippen molar-refractivity contribution >= 4 is 23.2 Å². The molecule has 0 fully saturated rings. The number of halogens is 3. The molecule has 1 N–H and O–H groups in total. The van der Waals surface area contributed by atoms with Gasteiger partial charge in [-0.05, 0) is 29.3 Å². The second-order valence-corrected chi connectivity index (χ2v) is 6.56. The zero-order valence-corrected chi connectivity index (χ0v) is 15.6. The third-order valence-corrected chi connectivity index (χ3v) is 4.52. The summed E-state index contributed by atoms with van der Waals surface area (Å²) >= 11 is 5.94. The highest BCUT2D eigenvalue weighted by Gasteiger charge is 2.18. The van der Waals surface area contributed by atoms with Crippen molar-refractivity contribution in [3.8, 4) is 5.75 Å². The first kappa shape index (κ1) is 19.8. The normalized spacial score (nSPS) is 10.9. The summed E-state index contributed by atoms with van der Waals surface area (Å²) in [4.78, 5) is 12.6. The average molecular weight is 402 g/mol. The molecule has 0 unspecified atom stereocenters. The number of anilines is 1.